The maximum atomic E-state index is 5.32. The minimum Gasteiger partial charge on any atom is -0.374 e. The summed E-state index contributed by atoms with van der Waals surface area (Å²) in [6.45, 7) is 10.3. The third-order valence-corrected chi connectivity index (χ3v) is 2.41. The summed E-state index contributed by atoms with van der Waals surface area (Å²) < 4.78 is 5.32. The Kier molecular flexibility index (Phi) is 5.19. The predicted molar refractivity (Wildman–Crippen MR) is 65.6 cm³/mol. The van der Waals surface area contributed by atoms with Crippen LogP contribution in [0, 0.1) is 13.8 Å². The molecule has 4 nitrogen and oxygen atoms in total. The van der Waals surface area contributed by atoms with Gasteiger partial charge in [0.05, 0.1) is 0 Å². The number of anilines is 1. The number of nitrogens with one attached hydrogen (secondary N) is 1. The van der Waals surface area contributed by atoms with Crippen LogP contribution in [0.2, 0.25) is 0 Å². The summed E-state index contributed by atoms with van der Waals surface area (Å²) in [6.07, 6.45) is 1.09. The largest absolute Gasteiger partial charge is 0.374 e. The third kappa shape index (κ3) is 3.45. The molecular weight excluding hydrogens is 202 g/mol. The third-order valence-electron chi connectivity index (χ3n) is 2.41. The molecule has 0 aliphatic carbocycles. The van der Waals surface area contributed by atoms with Gasteiger partial charge in [0.2, 0.25) is 0 Å². The predicted octanol–water partition coefficient (Wildman–Crippen LogP) is 2.45. The van der Waals surface area contributed by atoms with Crippen molar-refractivity contribution >= 4 is 5.82 Å². The average Bonchev–Trinajstić information content (AvgIpc) is 2.28. The summed E-state index contributed by atoms with van der Waals surface area (Å²) in [5, 5.41) is 3.31. The highest BCUT2D eigenvalue weighted by molar-refractivity contribution is 5.45. The topological polar surface area (TPSA) is 47.0 Å². The number of aromatic nitrogens is 2. The van der Waals surface area contributed by atoms with Gasteiger partial charge in [-0.3, -0.25) is 0 Å². The van der Waals surface area contributed by atoms with Gasteiger partial charge in [0.25, 0.3) is 0 Å². The zero-order valence-electron chi connectivity index (χ0n) is 10.6. The molecule has 0 spiro atoms. The van der Waals surface area contributed by atoms with Crippen molar-refractivity contribution in [2.24, 2.45) is 0 Å². The molecule has 0 saturated heterocycles. The molecule has 0 amide bonds. The zero-order chi connectivity index (χ0) is 12.0. The highest BCUT2D eigenvalue weighted by Crippen LogP contribution is 2.15. The SMILES string of the molecule is CCCNc1nc(COCC)nc(C)c1C. The van der Waals surface area contributed by atoms with Crippen LogP contribution in [0.25, 0.3) is 0 Å². The minimum atomic E-state index is 0.485. The highest BCUT2D eigenvalue weighted by atomic mass is 16.5. The molecule has 0 bridgehead atoms. The molecule has 4 heteroatoms. The van der Waals surface area contributed by atoms with E-state index in [0.29, 0.717) is 13.2 Å². The van der Waals surface area contributed by atoms with E-state index in [0.717, 1.165) is 35.9 Å². The fourth-order valence-corrected chi connectivity index (χ4v) is 1.36. The van der Waals surface area contributed by atoms with Gasteiger partial charge in [-0.15, -0.1) is 0 Å². The van der Waals surface area contributed by atoms with Crippen LogP contribution in [0.5, 0.6) is 0 Å². The van der Waals surface area contributed by atoms with Crippen molar-refractivity contribution in [3.63, 3.8) is 0 Å². The van der Waals surface area contributed by atoms with E-state index >= 15 is 0 Å². The molecule has 0 radical (unpaired) electrons. The molecule has 0 saturated carbocycles. The molecular formula is C12H21N3O. The Hall–Kier alpha value is -1.16. The van der Waals surface area contributed by atoms with Crippen molar-refractivity contribution in [3.8, 4) is 0 Å². The van der Waals surface area contributed by atoms with E-state index in [2.05, 4.69) is 22.2 Å². The molecule has 1 aromatic heterocycles. The van der Waals surface area contributed by atoms with Gasteiger partial charge in [-0.1, -0.05) is 6.92 Å². The molecule has 0 atom stereocenters. The lowest BCUT2D eigenvalue weighted by atomic mass is 10.2. The Bertz CT molecular complexity index is 339. The first-order chi connectivity index (χ1) is 7.69. The molecule has 0 unspecified atom stereocenters. The maximum absolute atomic E-state index is 5.32. The molecule has 0 aromatic carbocycles. The number of hydrogen-bond donors (Lipinski definition) is 1. The van der Waals surface area contributed by atoms with E-state index in [9.17, 15) is 0 Å². The lowest BCUT2D eigenvalue weighted by Crippen LogP contribution is -2.10. The molecule has 0 aliphatic rings. The first-order valence-corrected chi connectivity index (χ1v) is 5.84. The fraction of sp³-hybridized carbons (Fsp3) is 0.667. The van der Waals surface area contributed by atoms with Gasteiger partial charge < -0.3 is 10.1 Å². The monoisotopic (exact) mass is 223 g/mol. The second-order valence-electron chi connectivity index (χ2n) is 3.76. The highest BCUT2D eigenvalue weighted by Gasteiger charge is 2.07. The Balaban J connectivity index is 2.83. The molecule has 16 heavy (non-hydrogen) atoms. The van der Waals surface area contributed by atoms with Crippen LogP contribution >= 0.6 is 0 Å². The Morgan fingerprint density at radius 3 is 2.56 bits per heavy atom. The van der Waals surface area contributed by atoms with Crippen LogP contribution in [-0.4, -0.2) is 23.1 Å². The van der Waals surface area contributed by atoms with Crippen molar-refractivity contribution in [1.82, 2.24) is 9.97 Å². The number of rotatable bonds is 6. The second-order valence-corrected chi connectivity index (χ2v) is 3.76. The van der Waals surface area contributed by atoms with Crippen molar-refractivity contribution in [2.45, 2.75) is 40.7 Å². The van der Waals surface area contributed by atoms with Crippen LogP contribution in [0.1, 0.15) is 37.4 Å². The van der Waals surface area contributed by atoms with Crippen LogP contribution in [0.3, 0.4) is 0 Å². The Labute approximate surface area is 97.5 Å². The Morgan fingerprint density at radius 1 is 1.19 bits per heavy atom. The first-order valence-electron chi connectivity index (χ1n) is 5.84. The van der Waals surface area contributed by atoms with Gasteiger partial charge in [-0.2, -0.15) is 0 Å². The van der Waals surface area contributed by atoms with Gasteiger partial charge in [0, 0.05) is 24.4 Å². The normalized spacial score (nSPS) is 10.5. The lowest BCUT2D eigenvalue weighted by Gasteiger charge is -2.11. The van der Waals surface area contributed by atoms with Crippen molar-refractivity contribution in [2.75, 3.05) is 18.5 Å². The maximum Gasteiger partial charge on any atom is 0.156 e. The molecule has 1 N–H and O–H groups in total. The average molecular weight is 223 g/mol. The first kappa shape index (κ1) is 12.9. The Morgan fingerprint density at radius 2 is 1.94 bits per heavy atom. The molecule has 1 rings (SSSR count). The fourth-order valence-electron chi connectivity index (χ4n) is 1.36. The van der Waals surface area contributed by atoms with Gasteiger partial charge >= 0.3 is 0 Å². The summed E-state index contributed by atoms with van der Waals surface area (Å²) >= 11 is 0. The number of nitrogens with zero attached hydrogens (tertiary/aromatic N) is 2. The van der Waals surface area contributed by atoms with Gasteiger partial charge in [0.1, 0.15) is 12.4 Å². The summed E-state index contributed by atoms with van der Waals surface area (Å²) in [7, 11) is 0. The molecule has 1 aromatic rings. The van der Waals surface area contributed by atoms with Gasteiger partial charge in [0.15, 0.2) is 5.82 Å². The van der Waals surface area contributed by atoms with E-state index in [1.165, 1.54) is 0 Å². The second kappa shape index (κ2) is 6.43. The van der Waals surface area contributed by atoms with Crippen LogP contribution in [-0.2, 0) is 11.3 Å². The van der Waals surface area contributed by atoms with Gasteiger partial charge in [-0.05, 0) is 27.2 Å². The minimum absolute atomic E-state index is 0.485. The summed E-state index contributed by atoms with van der Waals surface area (Å²) in [6, 6.07) is 0. The van der Waals surface area contributed by atoms with Crippen molar-refractivity contribution < 1.29 is 4.74 Å². The molecule has 0 fully saturated rings. The van der Waals surface area contributed by atoms with Gasteiger partial charge in [-0.25, -0.2) is 9.97 Å². The number of ether oxygens (including phenoxy) is 1. The van der Waals surface area contributed by atoms with E-state index in [-0.39, 0.29) is 0 Å². The number of aryl methyl sites for hydroxylation is 1. The molecule has 1 heterocycles. The molecule has 0 aliphatic heterocycles. The van der Waals surface area contributed by atoms with Crippen molar-refractivity contribution in [3.05, 3.63) is 17.1 Å². The summed E-state index contributed by atoms with van der Waals surface area (Å²) in [5.74, 6) is 1.69. The van der Waals surface area contributed by atoms with Crippen molar-refractivity contribution in [1.29, 1.82) is 0 Å². The van der Waals surface area contributed by atoms with Crippen LogP contribution in [0.15, 0.2) is 0 Å². The summed E-state index contributed by atoms with van der Waals surface area (Å²) in [4.78, 5) is 8.86. The van der Waals surface area contributed by atoms with E-state index in [1.807, 2.05) is 20.8 Å². The van der Waals surface area contributed by atoms with E-state index in [1.54, 1.807) is 0 Å². The zero-order valence-corrected chi connectivity index (χ0v) is 10.6. The smallest absolute Gasteiger partial charge is 0.156 e. The summed E-state index contributed by atoms with van der Waals surface area (Å²) in [5.41, 5.74) is 2.14. The van der Waals surface area contributed by atoms with E-state index < -0.39 is 0 Å². The van der Waals surface area contributed by atoms with Crippen LogP contribution < -0.4 is 5.32 Å². The van der Waals surface area contributed by atoms with E-state index in [4.69, 9.17) is 4.74 Å². The quantitative estimate of drug-likeness (QED) is 0.804. The molecule has 90 valence electrons. The number of hydrogen-bond acceptors (Lipinski definition) is 4. The van der Waals surface area contributed by atoms with Crippen LogP contribution in [0.4, 0.5) is 5.82 Å². The standard InChI is InChI=1S/C12H21N3O/c1-5-7-13-12-9(3)10(4)14-11(15-12)8-16-6-2/h5-8H2,1-4H3,(H,13,14,15). The lowest BCUT2D eigenvalue weighted by molar-refractivity contribution is 0.128.